The van der Waals surface area contributed by atoms with E-state index in [-0.39, 0.29) is 5.82 Å². The van der Waals surface area contributed by atoms with E-state index in [1.807, 2.05) is 12.1 Å². The first kappa shape index (κ1) is 19.1. The van der Waals surface area contributed by atoms with Gasteiger partial charge in [-0.05, 0) is 34.0 Å². The van der Waals surface area contributed by atoms with Crippen molar-refractivity contribution >= 4 is 22.7 Å². The van der Waals surface area contributed by atoms with Gasteiger partial charge in [0.05, 0.1) is 0 Å². The van der Waals surface area contributed by atoms with E-state index in [1.54, 1.807) is 0 Å². The number of hydrogen-bond acceptors (Lipinski definition) is 3. The summed E-state index contributed by atoms with van der Waals surface area (Å²) in [5, 5.41) is 20.7. The van der Waals surface area contributed by atoms with Crippen molar-refractivity contribution in [2.75, 3.05) is 0 Å². The van der Waals surface area contributed by atoms with Gasteiger partial charge in [0.25, 0.3) is 0 Å². The zero-order valence-corrected chi connectivity index (χ0v) is 13.9. The fourth-order valence-electron chi connectivity index (χ4n) is 2.39. The van der Waals surface area contributed by atoms with E-state index in [2.05, 4.69) is 47.8 Å². The molecule has 0 saturated heterocycles. The molecule has 0 aliphatic rings. The molecule has 0 aromatic heterocycles. The first-order chi connectivity index (χ1) is 12.5. The van der Waals surface area contributed by atoms with E-state index in [0.717, 1.165) is 18.7 Å². The van der Waals surface area contributed by atoms with Gasteiger partial charge >= 0.3 is 11.9 Å². The third-order valence-corrected chi connectivity index (χ3v) is 3.62. The molecule has 26 heavy (non-hydrogen) atoms. The van der Waals surface area contributed by atoms with Crippen molar-refractivity contribution in [2.24, 2.45) is 0 Å². The molecule has 6 heteroatoms. The Morgan fingerprint density at radius 2 is 1.42 bits per heavy atom. The second-order valence-electron chi connectivity index (χ2n) is 5.48. The number of aliphatic carboxylic acids is 2. The lowest BCUT2D eigenvalue weighted by Crippen LogP contribution is -2.12. The van der Waals surface area contributed by atoms with Crippen LogP contribution in [0.5, 0.6) is 0 Å². The molecule has 0 spiro atoms. The van der Waals surface area contributed by atoms with Gasteiger partial charge in [-0.3, -0.25) is 0 Å². The van der Waals surface area contributed by atoms with Crippen molar-refractivity contribution in [2.45, 2.75) is 13.1 Å². The summed E-state index contributed by atoms with van der Waals surface area (Å²) in [6, 6.07) is 21.3. The fourth-order valence-corrected chi connectivity index (χ4v) is 2.39. The number of hydrogen-bond donors (Lipinski definition) is 3. The lowest BCUT2D eigenvalue weighted by molar-refractivity contribution is -0.159. The minimum absolute atomic E-state index is 0.192. The summed E-state index contributed by atoms with van der Waals surface area (Å²) in [5.41, 5.74) is 2.37. The van der Waals surface area contributed by atoms with Crippen LogP contribution >= 0.6 is 0 Å². The van der Waals surface area contributed by atoms with Gasteiger partial charge in [0.2, 0.25) is 0 Å². The van der Waals surface area contributed by atoms with Crippen molar-refractivity contribution in [3.05, 3.63) is 83.7 Å². The molecule has 0 saturated carbocycles. The second-order valence-corrected chi connectivity index (χ2v) is 5.48. The zero-order valence-electron chi connectivity index (χ0n) is 13.9. The molecule has 0 amide bonds. The third-order valence-electron chi connectivity index (χ3n) is 3.62. The minimum Gasteiger partial charge on any atom is -0.473 e. The molecular weight excluding hydrogens is 337 g/mol. The highest BCUT2D eigenvalue weighted by Crippen LogP contribution is 2.18. The van der Waals surface area contributed by atoms with Crippen LogP contribution in [-0.4, -0.2) is 22.2 Å². The SMILES string of the molecule is Fc1ccc(CNCc2cccc3ccccc23)cc1.O=C(O)C(=O)O. The third kappa shape index (κ3) is 5.68. The molecule has 0 aliphatic carbocycles. The number of carbonyl (C=O) groups is 2. The maximum atomic E-state index is 12.8. The standard InChI is InChI=1S/C18H16FN.C2H2O4/c19-17-10-8-14(9-11-17)12-20-13-16-6-3-5-15-4-1-2-7-18(15)16;3-1(4)2(5)6/h1-11,20H,12-13H2;(H,3,4)(H,5,6). The Balaban J connectivity index is 0.000000352. The van der Waals surface area contributed by atoms with Gasteiger partial charge in [-0.2, -0.15) is 0 Å². The van der Waals surface area contributed by atoms with Crippen LogP contribution in [0.1, 0.15) is 11.1 Å². The van der Waals surface area contributed by atoms with Crippen LogP contribution in [0.3, 0.4) is 0 Å². The summed E-state index contributed by atoms with van der Waals surface area (Å²) in [4.78, 5) is 18.2. The molecule has 0 atom stereocenters. The molecule has 0 radical (unpaired) electrons. The van der Waals surface area contributed by atoms with Crippen LogP contribution in [0, 0.1) is 5.82 Å². The van der Waals surface area contributed by atoms with Gasteiger partial charge in [-0.1, -0.05) is 54.6 Å². The summed E-state index contributed by atoms with van der Waals surface area (Å²) in [5.74, 6) is -3.84. The predicted molar refractivity (Wildman–Crippen MR) is 96.2 cm³/mol. The maximum absolute atomic E-state index is 12.8. The summed E-state index contributed by atoms with van der Waals surface area (Å²) in [7, 11) is 0. The summed E-state index contributed by atoms with van der Waals surface area (Å²) in [6.07, 6.45) is 0. The summed E-state index contributed by atoms with van der Waals surface area (Å²) < 4.78 is 12.8. The van der Waals surface area contributed by atoms with Crippen LogP contribution in [0.25, 0.3) is 10.8 Å². The van der Waals surface area contributed by atoms with Crippen LogP contribution < -0.4 is 5.32 Å². The van der Waals surface area contributed by atoms with Crippen LogP contribution in [0.15, 0.2) is 66.7 Å². The van der Waals surface area contributed by atoms with Crippen molar-refractivity contribution in [3.8, 4) is 0 Å². The van der Waals surface area contributed by atoms with Crippen molar-refractivity contribution in [1.82, 2.24) is 5.32 Å². The second kappa shape index (κ2) is 9.29. The molecule has 3 aromatic carbocycles. The monoisotopic (exact) mass is 355 g/mol. The fraction of sp³-hybridized carbons (Fsp3) is 0.100. The number of fused-ring (bicyclic) bond motifs is 1. The Kier molecular flexibility index (Phi) is 6.82. The Morgan fingerprint density at radius 3 is 2.08 bits per heavy atom. The highest BCUT2D eigenvalue weighted by molar-refractivity contribution is 6.27. The van der Waals surface area contributed by atoms with Crippen LogP contribution in [0.4, 0.5) is 4.39 Å². The number of benzene rings is 3. The van der Waals surface area contributed by atoms with E-state index in [9.17, 15) is 4.39 Å². The van der Waals surface area contributed by atoms with Crippen LogP contribution in [-0.2, 0) is 22.7 Å². The van der Waals surface area contributed by atoms with Gasteiger partial charge in [0.15, 0.2) is 0 Å². The normalized spacial score (nSPS) is 10.0. The van der Waals surface area contributed by atoms with Crippen molar-refractivity contribution in [3.63, 3.8) is 0 Å². The Hall–Kier alpha value is -3.25. The molecule has 0 fully saturated rings. The molecule has 5 nitrogen and oxygen atoms in total. The average Bonchev–Trinajstić information content (AvgIpc) is 2.64. The molecule has 134 valence electrons. The lowest BCUT2D eigenvalue weighted by Gasteiger charge is -2.08. The van der Waals surface area contributed by atoms with Gasteiger partial charge in [-0.25, -0.2) is 14.0 Å². The highest BCUT2D eigenvalue weighted by atomic mass is 19.1. The van der Waals surface area contributed by atoms with E-state index in [0.29, 0.717) is 0 Å². The number of rotatable bonds is 4. The molecule has 3 aromatic rings. The number of halogens is 1. The van der Waals surface area contributed by atoms with E-state index >= 15 is 0 Å². The summed E-state index contributed by atoms with van der Waals surface area (Å²) in [6.45, 7) is 1.54. The van der Waals surface area contributed by atoms with Gasteiger partial charge in [0, 0.05) is 13.1 Å². The van der Waals surface area contributed by atoms with Gasteiger partial charge in [-0.15, -0.1) is 0 Å². The molecule has 0 aliphatic heterocycles. The summed E-state index contributed by atoms with van der Waals surface area (Å²) >= 11 is 0. The number of carboxylic acids is 2. The van der Waals surface area contributed by atoms with E-state index < -0.39 is 11.9 Å². The lowest BCUT2D eigenvalue weighted by atomic mass is 10.0. The zero-order chi connectivity index (χ0) is 18.9. The molecule has 0 unspecified atom stereocenters. The molecule has 0 heterocycles. The van der Waals surface area contributed by atoms with E-state index in [1.165, 1.54) is 28.5 Å². The van der Waals surface area contributed by atoms with Gasteiger partial charge < -0.3 is 15.5 Å². The first-order valence-corrected chi connectivity index (χ1v) is 7.85. The largest absolute Gasteiger partial charge is 0.473 e. The Labute approximate surface area is 149 Å². The quantitative estimate of drug-likeness (QED) is 0.624. The Morgan fingerprint density at radius 1 is 0.808 bits per heavy atom. The number of carboxylic acid groups (broad SMARTS) is 2. The van der Waals surface area contributed by atoms with E-state index in [4.69, 9.17) is 19.8 Å². The smallest absolute Gasteiger partial charge is 0.414 e. The highest BCUT2D eigenvalue weighted by Gasteiger charge is 2.04. The molecule has 3 N–H and O–H groups in total. The van der Waals surface area contributed by atoms with Crippen molar-refractivity contribution < 1.29 is 24.2 Å². The van der Waals surface area contributed by atoms with Crippen molar-refractivity contribution in [1.29, 1.82) is 0 Å². The predicted octanol–water partition coefficient (Wildman–Crippen LogP) is 3.42. The van der Waals surface area contributed by atoms with Crippen LogP contribution in [0.2, 0.25) is 0 Å². The minimum atomic E-state index is -1.82. The number of nitrogens with one attached hydrogen (secondary N) is 1. The maximum Gasteiger partial charge on any atom is 0.414 e. The molecule has 3 rings (SSSR count). The first-order valence-electron chi connectivity index (χ1n) is 7.85. The topological polar surface area (TPSA) is 86.6 Å². The van der Waals surface area contributed by atoms with Gasteiger partial charge in [0.1, 0.15) is 5.82 Å². The molecule has 0 bridgehead atoms. The average molecular weight is 355 g/mol. The molecular formula is C20H18FNO4. The Bertz CT molecular complexity index is 876.